The molecule has 0 saturated heterocycles. The van der Waals surface area contributed by atoms with Crippen molar-refractivity contribution >= 4 is 22.7 Å². The number of ketones is 1. The first-order valence-electron chi connectivity index (χ1n) is 13.1. The molecule has 0 fully saturated rings. The summed E-state index contributed by atoms with van der Waals surface area (Å²) in [5.41, 5.74) is 3.02. The minimum atomic E-state index is -0.784. The number of allylic oxidation sites excluding steroid dienone is 2. The zero-order valence-electron chi connectivity index (χ0n) is 20.8. The van der Waals surface area contributed by atoms with Crippen LogP contribution in [0.4, 0.5) is 0 Å². The van der Waals surface area contributed by atoms with Crippen LogP contribution < -0.4 is 0 Å². The average molecular weight is 454 g/mol. The number of aromatic nitrogens is 1. The second-order valence-electron chi connectivity index (χ2n) is 9.25. The van der Waals surface area contributed by atoms with Crippen LogP contribution in [0.5, 0.6) is 0 Å². The third kappa shape index (κ3) is 9.57. The first-order valence-corrected chi connectivity index (χ1v) is 13.1. The van der Waals surface area contributed by atoms with Crippen molar-refractivity contribution in [2.24, 2.45) is 0 Å². The number of rotatable bonds is 18. The Morgan fingerprint density at radius 3 is 2.03 bits per heavy atom. The minimum Gasteiger partial charge on any atom is -0.481 e. The summed E-state index contributed by atoms with van der Waals surface area (Å²) in [4.78, 5) is 24.3. The number of carboxylic acids is 1. The number of unbranched alkanes of at least 4 members (excludes halogenated alkanes) is 8. The Bertz CT molecular complexity index is 877. The molecule has 0 unspecified atom stereocenters. The van der Waals surface area contributed by atoms with E-state index in [1.165, 1.54) is 56.9 Å². The van der Waals surface area contributed by atoms with Crippen LogP contribution in [0.2, 0.25) is 0 Å². The van der Waals surface area contributed by atoms with Crippen molar-refractivity contribution in [2.45, 2.75) is 110 Å². The van der Waals surface area contributed by atoms with E-state index in [2.05, 4.69) is 13.8 Å². The monoisotopic (exact) mass is 453 g/mol. The Morgan fingerprint density at radius 2 is 1.42 bits per heavy atom. The lowest BCUT2D eigenvalue weighted by molar-refractivity contribution is -0.137. The average Bonchev–Trinajstić information content (AvgIpc) is 3.17. The predicted octanol–water partition coefficient (Wildman–Crippen LogP) is 8.34. The largest absolute Gasteiger partial charge is 0.481 e. The second-order valence-corrected chi connectivity index (χ2v) is 9.25. The summed E-state index contributed by atoms with van der Waals surface area (Å²) in [5.74, 6) is -0.700. The number of para-hydroxylation sites is 1. The molecular weight excluding hydrogens is 410 g/mol. The van der Waals surface area contributed by atoms with E-state index in [9.17, 15) is 9.59 Å². The fourth-order valence-corrected chi connectivity index (χ4v) is 4.47. The highest BCUT2D eigenvalue weighted by atomic mass is 16.4. The Hall–Kier alpha value is -2.36. The van der Waals surface area contributed by atoms with Gasteiger partial charge in [0.1, 0.15) is 0 Å². The summed E-state index contributed by atoms with van der Waals surface area (Å²) >= 11 is 0. The molecule has 4 nitrogen and oxygen atoms in total. The predicted molar refractivity (Wildman–Crippen MR) is 138 cm³/mol. The van der Waals surface area contributed by atoms with Crippen molar-refractivity contribution in [3.05, 3.63) is 47.7 Å². The van der Waals surface area contributed by atoms with Gasteiger partial charge in [0.15, 0.2) is 5.78 Å². The summed E-state index contributed by atoms with van der Waals surface area (Å²) in [6, 6.07) is 7.95. The van der Waals surface area contributed by atoms with Crippen LogP contribution in [0.1, 0.15) is 114 Å². The van der Waals surface area contributed by atoms with Crippen molar-refractivity contribution in [3.8, 4) is 0 Å². The summed E-state index contributed by atoms with van der Waals surface area (Å²) < 4.78 is 2.04. The molecular formula is C29H43NO3. The van der Waals surface area contributed by atoms with E-state index in [1.54, 1.807) is 0 Å². The van der Waals surface area contributed by atoms with Crippen molar-refractivity contribution in [1.82, 2.24) is 4.57 Å². The van der Waals surface area contributed by atoms with Gasteiger partial charge in [0.25, 0.3) is 0 Å². The fourth-order valence-electron chi connectivity index (χ4n) is 4.47. The molecule has 0 spiro atoms. The van der Waals surface area contributed by atoms with Crippen LogP contribution in [-0.4, -0.2) is 21.4 Å². The van der Waals surface area contributed by atoms with Gasteiger partial charge in [-0.15, -0.1) is 0 Å². The number of nitrogens with zero attached hydrogens (tertiary/aromatic N) is 1. The first kappa shape index (κ1) is 26.9. The number of carbonyl (C=O) groups excluding carboxylic acids is 1. The van der Waals surface area contributed by atoms with Gasteiger partial charge in [0, 0.05) is 35.6 Å². The number of hydrogen-bond acceptors (Lipinski definition) is 2. The van der Waals surface area contributed by atoms with E-state index in [1.807, 2.05) is 41.1 Å². The van der Waals surface area contributed by atoms with Gasteiger partial charge >= 0.3 is 5.97 Å². The lowest BCUT2D eigenvalue weighted by Gasteiger charge is -2.08. The molecule has 0 aliphatic rings. The number of carbonyl (C=O) groups is 2. The molecule has 2 rings (SSSR count). The maximum Gasteiger partial charge on any atom is 0.303 e. The minimum absolute atomic E-state index is 0.0836. The highest BCUT2D eigenvalue weighted by molar-refractivity contribution is 6.13. The maximum absolute atomic E-state index is 13.4. The molecule has 1 aromatic carbocycles. The molecule has 1 heterocycles. The fraction of sp³-hybridized carbons (Fsp3) is 0.586. The molecule has 2 aromatic rings. The summed E-state index contributed by atoms with van der Waals surface area (Å²) in [6.07, 6.45) is 18.9. The van der Waals surface area contributed by atoms with Gasteiger partial charge in [-0.05, 0) is 44.2 Å². The normalized spacial score (nSPS) is 11.1. The third-order valence-corrected chi connectivity index (χ3v) is 6.38. The van der Waals surface area contributed by atoms with Crippen molar-refractivity contribution in [2.75, 3.05) is 0 Å². The van der Waals surface area contributed by atoms with Crippen LogP contribution in [-0.2, 0) is 11.3 Å². The number of aryl methyl sites for hydroxylation is 1. The van der Waals surface area contributed by atoms with Gasteiger partial charge in [-0.1, -0.05) is 89.0 Å². The van der Waals surface area contributed by atoms with E-state index in [0.29, 0.717) is 13.0 Å². The first-order chi connectivity index (χ1) is 16.1. The van der Waals surface area contributed by atoms with Gasteiger partial charge < -0.3 is 9.67 Å². The molecule has 0 bridgehead atoms. The van der Waals surface area contributed by atoms with E-state index < -0.39 is 5.97 Å². The summed E-state index contributed by atoms with van der Waals surface area (Å²) in [5, 5.41) is 9.92. The van der Waals surface area contributed by atoms with Gasteiger partial charge in [-0.3, -0.25) is 9.59 Å². The lowest BCUT2D eigenvalue weighted by atomic mass is 9.97. The molecule has 182 valence electrons. The molecule has 0 aliphatic carbocycles. The highest BCUT2D eigenvalue weighted by Gasteiger charge is 2.14. The molecule has 4 heteroatoms. The number of carboxylic acid groups (broad SMARTS) is 1. The molecule has 0 radical (unpaired) electrons. The Labute approximate surface area is 200 Å². The summed E-state index contributed by atoms with van der Waals surface area (Å²) in [7, 11) is 0. The summed E-state index contributed by atoms with van der Waals surface area (Å²) in [6.45, 7) is 5.07. The Morgan fingerprint density at radius 1 is 0.818 bits per heavy atom. The van der Waals surface area contributed by atoms with Crippen molar-refractivity contribution in [3.63, 3.8) is 0 Å². The molecule has 0 atom stereocenters. The SMILES string of the molecule is CCCCCCCC(=CC(=O)c1cn(CCCC(=O)O)c2ccccc12)CCCCCCC. The standard InChI is InChI=1S/C29H43NO3/c1-3-5-7-9-11-16-24(17-12-10-8-6-4-2)22-28(31)26-23-30(21-15-20-29(32)33)27-19-14-13-18-25(26)27/h13-14,18-19,22-23H,3-12,15-17,20-21H2,1-2H3,(H,32,33). The van der Waals surface area contributed by atoms with E-state index in [0.717, 1.165) is 42.1 Å². The molecule has 33 heavy (non-hydrogen) atoms. The number of benzene rings is 1. The van der Waals surface area contributed by atoms with Crippen LogP contribution in [0.3, 0.4) is 0 Å². The zero-order chi connectivity index (χ0) is 23.9. The molecule has 1 N–H and O–H groups in total. The van der Waals surface area contributed by atoms with E-state index in [4.69, 9.17) is 5.11 Å². The third-order valence-electron chi connectivity index (χ3n) is 6.38. The number of fused-ring (bicyclic) bond motifs is 1. The van der Waals surface area contributed by atoms with Gasteiger partial charge in [0.05, 0.1) is 0 Å². The number of hydrogen-bond donors (Lipinski definition) is 1. The Balaban J connectivity index is 2.14. The Kier molecular flexibility index (Phi) is 12.6. The number of aliphatic carboxylic acids is 1. The van der Waals surface area contributed by atoms with Crippen molar-refractivity contribution in [1.29, 1.82) is 0 Å². The molecule has 0 amide bonds. The maximum atomic E-state index is 13.4. The van der Waals surface area contributed by atoms with Crippen LogP contribution in [0, 0.1) is 0 Å². The topological polar surface area (TPSA) is 59.3 Å². The van der Waals surface area contributed by atoms with Crippen LogP contribution in [0.15, 0.2) is 42.1 Å². The smallest absolute Gasteiger partial charge is 0.303 e. The van der Waals surface area contributed by atoms with Crippen molar-refractivity contribution < 1.29 is 14.7 Å². The molecule has 1 aromatic heterocycles. The van der Waals surface area contributed by atoms with Gasteiger partial charge in [-0.25, -0.2) is 0 Å². The van der Waals surface area contributed by atoms with E-state index in [-0.39, 0.29) is 12.2 Å². The zero-order valence-corrected chi connectivity index (χ0v) is 20.8. The lowest BCUT2D eigenvalue weighted by Crippen LogP contribution is -2.01. The molecule has 0 saturated carbocycles. The quantitative estimate of drug-likeness (QED) is 0.140. The second kappa shape index (κ2) is 15.5. The van der Waals surface area contributed by atoms with Crippen LogP contribution in [0.25, 0.3) is 10.9 Å². The van der Waals surface area contributed by atoms with Crippen LogP contribution >= 0.6 is 0 Å². The van der Waals surface area contributed by atoms with Gasteiger partial charge in [-0.2, -0.15) is 0 Å². The highest BCUT2D eigenvalue weighted by Crippen LogP contribution is 2.25. The molecule has 0 aliphatic heterocycles. The van der Waals surface area contributed by atoms with E-state index >= 15 is 0 Å². The van der Waals surface area contributed by atoms with Gasteiger partial charge in [0.2, 0.25) is 0 Å².